The van der Waals surface area contributed by atoms with Gasteiger partial charge in [0.25, 0.3) is 11.5 Å². The molecule has 0 unspecified atom stereocenters. The highest BCUT2D eigenvalue weighted by Crippen LogP contribution is 2.37. The first kappa shape index (κ1) is 20.6. The molecule has 0 saturated heterocycles. The number of nitrogens with zero attached hydrogens (tertiary/aromatic N) is 3. The number of imidazole rings is 1. The van der Waals surface area contributed by atoms with Crippen molar-refractivity contribution in [1.29, 1.82) is 0 Å². The van der Waals surface area contributed by atoms with E-state index >= 15 is 0 Å². The standard InChI is InChI=1S/C25H14F3N3O2S/c26-25(27,28)15-7-5-6-14(12-15)13-30-18-10-3-1-8-16(18)20(22(30)32)21-23(33)31-19-11-4-2-9-17(19)29-24(31)34-21/h1-12H,13H2. The number of alkyl halides is 3. The summed E-state index contributed by atoms with van der Waals surface area (Å²) in [7, 11) is 0. The summed E-state index contributed by atoms with van der Waals surface area (Å²) < 4.78 is 41.3. The number of carbonyl (C=O) groups excluding carboxylic acids is 1. The van der Waals surface area contributed by atoms with Crippen LogP contribution in [0.5, 0.6) is 0 Å². The SMILES string of the molecule is O=C1C(=c2sc3nc4ccccc4n3c2=O)c2ccccc2N1Cc1cccc(C(F)(F)F)c1. The van der Waals surface area contributed by atoms with Gasteiger partial charge in [0.15, 0.2) is 4.96 Å². The molecule has 2 aromatic heterocycles. The lowest BCUT2D eigenvalue weighted by atomic mass is 10.1. The highest BCUT2D eigenvalue weighted by molar-refractivity contribution is 7.15. The zero-order valence-electron chi connectivity index (χ0n) is 17.3. The van der Waals surface area contributed by atoms with Crippen molar-refractivity contribution in [1.82, 2.24) is 9.38 Å². The van der Waals surface area contributed by atoms with E-state index in [1.807, 2.05) is 18.2 Å². The Kier molecular flexibility index (Phi) is 4.40. The number of amides is 1. The summed E-state index contributed by atoms with van der Waals surface area (Å²) in [6.45, 7) is -0.0527. The molecule has 0 spiro atoms. The van der Waals surface area contributed by atoms with Crippen molar-refractivity contribution in [3.63, 3.8) is 0 Å². The van der Waals surface area contributed by atoms with Gasteiger partial charge in [0.2, 0.25) is 0 Å². The maximum atomic E-state index is 13.6. The zero-order chi connectivity index (χ0) is 23.6. The maximum Gasteiger partial charge on any atom is 0.416 e. The molecule has 34 heavy (non-hydrogen) atoms. The minimum Gasteiger partial charge on any atom is -0.303 e. The minimum absolute atomic E-state index is 0.0527. The fourth-order valence-corrected chi connectivity index (χ4v) is 5.43. The monoisotopic (exact) mass is 477 g/mol. The van der Waals surface area contributed by atoms with Crippen LogP contribution in [-0.2, 0) is 17.5 Å². The molecule has 3 heterocycles. The second-order valence-electron chi connectivity index (χ2n) is 7.94. The minimum atomic E-state index is -4.48. The number of hydrogen-bond donors (Lipinski definition) is 0. The molecule has 0 atom stereocenters. The number of anilines is 1. The number of halogens is 3. The summed E-state index contributed by atoms with van der Waals surface area (Å²) >= 11 is 1.13. The van der Waals surface area contributed by atoms with Gasteiger partial charge >= 0.3 is 6.18 Å². The fraction of sp³-hybridized carbons (Fsp3) is 0.0800. The molecule has 1 aliphatic heterocycles. The molecule has 6 rings (SSSR count). The van der Waals surface area contributed by atoms with Crippen molar-refractivity contribution >= 4 is 44.5 Å². The van der Waals surface area contributed by atoms with E-state index < -0.39 is 17.6 Å². The van der Waals surface area contributed by atoms with Crippen LogP contribution in [0.1, 0.15) is 16.7 Å². The van der Waals surface area contributed by atoms with Gasteiger partial charge in [0, 0.05) is 5.56 Å². The van der Waals surface area contributed by atoms with Crippen LogP contribution < -0.4 is 15.0 Å². The van der Waals surface area contributed by atoms with E-state index in [4.69, 9.17) is 0 Å². The molecule has 0 fully saturated rings. The number of fused-ring (bicyclic) bond motifs is 4. The molecule has 1 aliphatic rings. The largest absolute Gasteiger partial charge is 0.416 e. The first-order chi connectivity index (χ1) is 16.3. The van der Waals surface area contributed by atoms with Gasteiger partial charge < -0.3 is 4.90 Å². The average molecular weight is 477 g/mol. The molecule has 0 bridgehead atoms. The van der Waals surface area contributed by atoms with Crippen molar-refractivity contribution in [2.45, 2.75) is 12.7 Å². The second kappa shape index (κ2) is 7.26. The van der Waals surface area contributed by atoms with Gasteiger partial charge in [-0.3, -0.25) is 9.59 Å². The van der Waals surface area contributed by atoms with E-state index in [9.17, 15) is 22.8 Å². The van der Waals surface area contributed by atoms with Crippen LogP contribution in [0.2, 0.25) is 0 Å². The first-order valence-corrected chi connectivity index (χ1v) is 11.2. The Labute approximate surface area is 194 Å². The molecule has 3 aromatic carbocycles. The normalized spacial score (nSPS) is 15.5. The summed E-state index contributed by atoms with van der Waals surface area (Å²) in [6.07, 6.45) is -4.48. The van der Waals surface area contributed by atoms with Gasteiger partial charge in [-0.25, -0.2) is 9.38 Å². The highest BCUT2D eigenvalue weighted by Gasteiger charge is 2.35. The molecule has 1 amide bonds. The van der Waals surface area contributed by atoms with Crippen LogP contribution in [-0.4, -0.2) is 15.3 Å². The molecule has 5 aromatic rings. The molecule has 0 radical (unpaired) electrons. The molecular formula is C25H14F3N3O2S. The lowest BCUT2D eigenvalue weighted by Gasteiger charge is -2.18. The Balaban J connectivity index is 1.53. The molecule has 0 saturated carbocycles. The number of rotatable bonds is 2. The van der Waals surface area contributed by atoms with E-state index in [0.29, 0.717) is 32.8 Å². The lowest BCUT2D eigenvalue weighted by molar-refractivity contribution is -0.137. The number of thiazole rings is 1. The Morgan fingerprint density at radius 1 is 0.912 bits per heavy atom. The van der Waals surface area contributed by atoms with Crippen molar-refractivity contribution in [2.75, 3.05) is 4.90 Å². The van der Waals surface area contributed by atoms with Gasteiger partial charge in [-0.05, 0) is 35.9 Å². The van der Waals surface area contributed by atoms with Gasteiger partial charge in [0.1, 0.15) is 4.53 Å². The maximum absolute atomic E-state index is 13.6. The van der Waals surface area contributed by atoms with Gasteiger partial charge in [-0.2, -0.15) is 13.2 Å². The van der Waals surface area contributed by atoms with Crippen LogP contribution in [0.3, 0.4) is 0 Å². The zero-order valence-corrected chi connectivity index (χ0v) is 18.2. The van der Waals surface area contributed by atoms with Crippen LogP contribution in [0.4, 0.5) is 18.9 Å². The smallest absolute Gasteiger partial charge is 0.303 e. The Morgan fingerprint density at radius 3 is 2.50 bits per heavy atom. The quantitative estimate of drug-likeness (QED) is 0.379. The molecule has 5 nitrogen and oxygen atoms in total. The number of para-hydroxylation sites is 3. The third-order valence-corrected chi connectivity index (χ3v) is 6.91. The van der Waals surface area contributed by atoms with Gasteiger partial charge in [0.05, 0.1) is 34.4 Å². The van der Waals surface area contributed by atoms with Crippen molar-refractivity contribution in [3.8, 4) is 0 Å². The van der Waals surface area contributed by atoms with Crippen molar-refractivity contribution in [3.05, 3.63) is 104 Å². The van der Waals surface area contributed by atoms with Crippen LogP contribution >= 0.6 is 11.3 Å². The van der Waals surface area contributed by atoms with E-state index in [1.165, 1.54) is 15.4 Å². The van der Waals surface area contributed by atoms with E-state index in [2.05, 4.69) is 4.98 Å². The Bertz CT molecular complexity index is 1740. The Morgan fingerprint density at radius 2 is 1.68 bits per heavy atom. The summed E-state index contributed by atoms with van der Waals surface area (Å²) in [5.41, 5.74) is 1.94. The number of aromatic nitrogens is 2. The molecule has 0 N–H and O–H groups in total. The summed E-state index contributed by atoms with van der Waals surface area (Å²) in [4.78, 5) is 33.4. The fourth-order valence-electron chi connectivity index (χ4n) is 4.35. The summed E-state index contributed by atoms with van der Waals surface area (Å²) in [6, 6.07) is 19.2. The first-order valence-electron chi connectivity index (χ1n) is 10.3. The van der Waals surface area contributed by atoms with Crippen molar-refractivity contribution in [2.24, 2.45) is 0 Å². The third kappa shape index (κ3) is 3.04. The number of hydrogen-bond acceptors (Lipinski definition) is 4. The predicted molar refractivity (Wildman–Crippen MR) is 124 cm³/mol. The number of benzene rings is 3. The van der Waals surface area contributed by atoms with Gasteiger partial charge in [-0.15, -0.1) is 0 Å². The molecule has 9 heteroatoms. The van der Waals surface area contributed by atoms with Gasteiger partial charge in [-0.1, -0.05) is 53.8 Å². The number of carbonyl (C=O) groups is 1. The van der Waals surface area contributed by atoms with E-state index in [0.717, 1.165) is 23.5 Å². The lowest BCUT2D eigenvalue weighted by Crippen LogP contribution is -2.32. The summed E-state index contributed by atoms with van der Waals surface area (Å²) in [5.74, 6) is -0.426. The van der Waals surface area contributed by atoms with Crippen LogP contribution in [0, 0.1) is 0 Å². The highest BCUT2D eigenvalue weighted by atomic mass is 32.1. The second-order valence-corrected chi connectivity index (χ2v) is 8.91. The Hall–Kier alpha value is -3.98. The van der Waals surface area contributed by atoms with E-state index in [1.54, 1.807) is 36.4 Å². The predicted octanol–water partition coefficient (Wildman–Crippen LogP) is 4.39. The molecule has 168 valence electrons. The molecule has 0 aliphatic carbocycles. The third-order valence-electron chi connectivity index (χ3n) is 5.87. The molecular weight excluding hydrogens is 463 g/mol. The van der Waals surface area contributed by atoms with Crippen molar-refractivity contribution < 1.29 is 18.0 Å². The summed E-state index contributed by atoms with van der Waals surface area (Å²) in [5, 5.41) is 0. The topological polar surface area (TPSA) is 54.7 Å². The van der Waals surface area contributed by atoms with Crippen LogP contribution in [0.15, 0.2) is 77.6 Å². The average Bonchev–Trinajstić information content (AvgIpc) is 3.42. The van der Waals surface area contributed by atoms with E-state index in [-0.39, 0.29) is 22.2 Å². The van der Waals surface area contributed by atoms with Crippen LogP contribution in [0.25, 0.3) is 21.6 Å².